The van der Waals surface area contributed by atoms with Crippen LogP contribution < -0.4 is 10.6 Å². The summed E-state index contributed by atoms with van der Waals surface area (Å²) in [5.41, 5.74) is 3.42. The number of amides is 2. The Kier molecular flexibility index (Phi) is 5.79. The maximum absolute atomic E-state index is 12.6. The first-order valence-corrected chi connectivity index (χ1v) is 9.68. The van der Waals surface area contributed by atoms with Crippen molar-refractivity contribution < 1.29 is 9.59 Å². The number of nitrogens with one attached hydrogen (secondary N) is 2. The molecular formula is C23H20N6O2. The number of hydrogen-bond acceptors (Lipinski definition) is 5. The number of carbonyl (C=O) groups excluding carboxylic acids is 2. The predicted molar refractivity (Wildman–Crippen MR) is 117 cm³/mol. The number of aryl methyl sites for hydroxylation is 1. The highest BCUT2D eigenvalue weighted by atomic mass is 16.2. The van der Waals surface area contributed by atoms with Crippen molar-refractivity contribution in [3.8, 4) is 11.4 Å². The molecule has 0 radical (unpaired) electrons. The molecule has 1 heterocycles. The van der Waals surface area contributed by atoms with Crippen LogP contribution in [-0.2, 0) is 11.3 Å². The second kappa shape index (κ2) is 9.00. The standard InChI is InChI=1S/C23H20N6O2/c1-16-8-7-9-17(14-16)23(31)25-20-13-6-5-12-19(20)22-26-28-29(27-22)15-21(30)24-18-10-3-2-4-11-18/h2-14H,15H2,1H3,(H,24,30)(H,25,31). The van der Waals surface area contributed by atoms with Crippen molar-refractivity contribution in [1.29, 1.82) is 0 Å². The van der Waals surface area contributed by atoms with E-state index in [-0.39, 0.29) is 18.4 Å². The van der Waals surface area contributed by atoms with Crippen LogP contribution in [0, 0.1) is 6.92 Å². The van der Waals surface area contributed by atoms with Gasteiger partial charge in [0.25, 0.3) is 5.91 Å². The number of hydrogen-bond donors (Lipinski definition) is 2. The van der Waals surface area contributed by atoms with Crippen molar-refractivity contribution in [3.05, 3.63) is 90.0 Å². The summed E-state index contributed by atoms with van der Waals surface area (Å²) < 4.78 is 0. The summed E-state index contributed by atoms with van der Waals surface area (Å²) in [6.07, 6.45) is 0. The van der Waals surface area contributed by atoms with E-state index >= 15 is 0 Å². The van der Waals surface area contributed by atoms with Crippen LogP contribution in [0.15, 0.2) is 78.9 Å². The summed E-state index contributed by atoms with van der Waals surface area (Å²) in [4.78, 5) is 26.1. The number of aromatic nitrogens is 4. The fourth-order valence-electron chi connectivity index (χ4n) is 3.04. The first-order valence-electron chi connectivity index (χ1n) is 9.68. The minimum Gasteiger partial charge on any atom is -0.324 e. The van der Waals surface area contributed by atoms with Gasteiger partial charge in [0.15, 0.2) is 0 Å². The first-order chi connectivity index (χ1) is 15.1. The Morgan fingerprint density at radius 2 is 1.68 bits per heavy atom. The molecule has 2 N–H and O–H groups in total. The highest BCUT2D eigenvalue weighted by Gasteiger charge is 2.15. The van der Waals surface area contributed by atoms with Gasteiger partial charge in [-0.3, -0.25) is 9.59 Å². The Labute approximate surface area is 178 Å². The molecule has 1 aromatic heterocycles. The molecule has 0 fully saturated rings. The smallest absolute Gasteiger partial charge is 0.255 e. The Morgan fingerprint density at radius 1 is 0.903 bits per heavy atom. The van der Waals surface area contributed by atoms with Crippen LogP contribution in [-0.4, -0.2) is 32.0 Å². The molecule has 8 nitrogen and oxygen atoms in total. The van der Waals surface area contributed by atoms with Crippen molar-refractivity contribution in [1.82, 2.24) is 20.2 Å². The lowest BCUT2D eigenvalue weighted by Gasteiger charge is -2.09. The summed E-state index contributed by atoms with van der Waals surface area (Å²) in [6, 6.07) is 23.7. The highest BCUT2D eigenvalue weighted by molar-refractivity contribution is 6.06. The Bertz CT molecular complexity index is 1220. The van der Waals surface area contributed by atoms with Crippen LogP contribution in [0.25, 0.3) is 11.4 Å². The second-order valence-electron chi connectivity index (χ2n) is 6.93. The zero-order chi connectivity index (χ0) is 21.6. The Morgan fingerprint density at radius 3 is 2.48 bits per heavy atom. The van der Waals surface area contributed by atoms with Gasteiger partial charge in [-0.25, -0.2) is 0 Å². The topological polar surface area (TPSA) is 102 Å². The molecule has 154 valence electrons. The van der Waals surface area contributed by atoms with Gasteiger partial charge < -0.3 is 10.6 Å². The zero-order valence-electron chi connectivity index (χ0n) is 16.8. The zero-order valence-corrected chi connectivity index (χ0v) is 16.8. The quantitative estimate of drug-likeness (QED) is 0.504. The number of para-hydroxylation sites is 2. The molecule has 0 bridgehead atoms. The predicted octanol–water partition coefficient (Wildman–Crippen LogP) is 3.54. The molecular weight excluding hydrogens is 392 g/mol. The Balaban J connectivity index is 1.49. The van der Waals surface area contributed by atoms with E-state index in [1.54, 1.807) is 30.3 Å². The number of tetrazole rings is 1. The van der Waals surface area contributed by atoms with Gasteiger partial charge >= 0.3 is 0 Å². The molecule has 4 aromatic rings. The molecule has 0 saturated heterocycles. The van der Waals surface area contributed by atoms with Crippen LogP contribution in [0.1, 0.15) is 15.9 Å². The van der Waals surface area contributed by atoms with E-state index in [0.29, 0.717) is 28.3 Å². The number of rotatable bonds is 6. The largest absolute Gasteiger partial charge is 0.324 e. The molecule has 2 amide bonds. The Hall–Kier alpha value is -4.33. The summed E-state index contributed by atoms with van der Waals surface area (Å²) >= 11 is 0. The maximum Gasteiger partial charge on any atom is 0.255 e. The van der Waals surface area contributed by atoms with Gasteiger partial charge in [0, 0.05) is 16.8 Å². The van der Waals surface area contributed by atoms with Crippen LogP contribution >= 0.6 is 0 Å². The average Bonchev–Trinajstić information content (AvgIpc) is 3.23. The summed E-state index contributed by atoms with van der Waals surface area (Å²) in [6.45, 7) is 1.85. The summed E-state index contributed by atoms with van der Waals surface area (Å²) in [5, 5.41) is 18.0. The minimum absolute atomic E-state index is 0.0836. The molecule has 8 heteroatoms. The average molecular weight is 412 g/mol. The van der Waals surface area contributed by atoms with Gasteiger partial charge in [-0.1, -0.05) is 48.0 Å². The van der Waals surface area contributed by atoms with Crippen LogP contribution in [0.3, 0.4) is 0 Å². The van der Waals surface area contributed by atoms with E-state index in [9.17, 15) is 9.59 Å². The van der Waals surface area contributed by atoms with Crippen molar-refractivity contribution >= 4 is 23.2 Å². The minimum atomic E-state index is -0.267. The molecule has 4 rings (SSSR count). The lowest BCUT2D eigenvalue weighted by molar-refractivity contribution is -0.117. The number of nitrogens with zero attached hydrogens (tertiary/aromatic N) is 4. The highest BCUT2D eigenvalue weighted by Crippen LogP contribution is 2.25. The van der Waals surface area contributed by atoms with Gasteiger partial charge in [-0.2, -0.15) is 4.80 Å². The number of benzene rings is 3. The summed E-state index contributed by atoms with van der Waals surface area (Å²) in [5.74, 6) is -0.186. The molecule has 31 heavy (non-hydrogen) atoms. The SMILES string of the molecule is Cc1cccc(C(=O)Nc2ccccc2-c2nnn(CC(=O)Nc3ccccc3)n2)c1. The normalized spacial score (nSPS) is 10.5. The molecule has 0 saturated carbocycles. The van der Waals surface area contributed by atoms with Gasteiger partial charge in [0.1, 0.15) is 6.54 Å². The molecule has 0 aliphatic rings. The number of anilines is 2. The first kappa shape index (κ1) is 20.0. The van der Waals surface area contributed by atoms with Crippen LogP contribution in [0.5, 0.6) is 0 Å². The molecule has 0 aliphatic carbocycles. The fraction of sp³-hybridized carbons (Fsp3) is 0.0870. The van der Waals surface area contributed by atoms with Crippen molar-refractivity contribution in [2.45, 2.75) is 13.5 Å². The maximum atomic E-state index is 12.6. The van der Waals surface area contributed by atoms with Gasteiger partial charge in [-0.15, -0.1) is 10.2 Å². The number of carbonyl (C=O) groups is 2. The van der Waals surface area contributed by atoms with E-state index in [1.165, 1.54) is 4.80 Å². The fourth-order valence-corrected chi connectivity index (χ4v) is 3.04. The molecule has 0 aliphatic heterocycles. The van der Waals surface area contributed by atoms with E-state index < -0.39 is 0 Å². The van der Waals surface area contributed by atoms with E-state index in [4.69, 9.17) is 0 Å². The second-order valence-corrected chi connectivity index (χ2v) is 6.93. The lowest BCUT2D eigenvalue weighted by Crippen LogP contribution is -2.20. The molecule has 0 atom stereocenters. The van der Waals surface area contributed by atoms with Crippen LogP contribution in [0.4, 0.5) is 11.4 Å². The van der Waals surface area contributed by atoms with E-state index in [0.717, 1.165) is 5.56 Å². The van der Waals surface area contributed by atoms with Crippen molar-refractivity contribution in [2.24, 2.45) is 0 Å². The molecule has 0 spiro atoms. The summed E-state index contributed by atoms with van der Waals surface area (Å²) in [7, 11) is 0. The van der Waals surface area contributed by atoms with Crippen molar-refractivity contribution in [2.75, 3.05) is 10.6 Å². The molecule has 3 aromatic carbocycles. The van der Waals surface area contributed by atoms with Gasteiger partial charge in [0.05, 0.1) is 5.69 Å². The monoisotopic (exact) mass is 412 g/mol. The lowest BCUT2D eigenvalue weighted by atomic mass is 10.1. The van der Waals surface area contributed by atoms with Gasteiger partial charge in [-0.05, 0) is 48.5 Å². The van der Waals surface area contributed by atoms with Crippen LogP contribution in [0.2, 0.25) is 0 Å². The van der Waals surface area contributed by atoms with E-state index in [2.05, 4.69) is 26.0 Å². The van der Waals surface area contributed by atoms with Crippen molar-refractivity contribution in [3.63, 3.8) is 0 Å². The third-order valence-corrected chi connectivity index (χ3v) is 4.49. The third kappa shape index (κ3) is 4.99. The molecule has 0 unspecified atom stereocenters. The third-order valence-electron chi connectivity index (χ3n) is 4.49. The van der Waals surface area contributed by atoms with E-state index in [1.807, 2.05) is 55.5 Å². The van der Waals surface area contributed by atoms with Gasteiger partial charge in [0.2, 0.25) is 11.7 Å².